The van der Waals surface area contributed by atoms with Gasteiger partial charge in [0.15, 0.2) is 5.69 Å². The van der Waals surface area contributed by atoms with E-state index in [1.807, 2.05) is 0 Å². The van der Waals surface area contributed by atoms with E-state index in [-0.39, 0.29) is 24.1 Å². The zero-order valence-electron chi connectivity index (χ0n) is 17.9. The highest BCUT2D eigenvalue weighted by Gasteiger charge is 2.21. The number of benzene rings is 1. The van der Waals surface area contributed by atoms with Gasteiger partial charge >= 0.3 is 0 Å². The average Bonchev–Trinajstić information content (AvgIpc) is 3.15. The van der Waals surface area contributed by atoms with Crippen LogP contribution in [0.2, 0.25) is 10.0 Å². The quantitative estimate of drug-likeness (QED) is 0.518. The SMILES string of the molecule is CC(C)CCNC(=O)c1coc(CN(CCC(C)C)C(=O)c2ccc(Cl)c(Cl)c2)n1. The van der Waals surface area contributed by atoms with Gasteiger partial charge in [-0.1, -0.05) is 50.9 Å². The first-order valence-electron chi connectivity index (χ1n) is 10.1. The number of hydrogen-bond acceptors (Lipinski definition) is 4. The van der Waals surface area contributed by atoms with Crippen LogP contribution in [0.4, 0.5) is 0 Å². The van der Waals surface area contributed by atoms with Crippen LogP contribution >= 0.6 is 23.2 Å². The minimum Gasteiger partial charge on any atom is -0.446 e. The summed E-state index contributed by atoms with van der Waals surface area (Å²) in [6, 6.07) is 4.79. The Morgan fingerprint density at radius 2 is 1.80 bits per heavy atom. The summed E-state index contributed by atoms with van der Waals surface area (Å²) in [5, 5.41) is 3.54. The molecule has 8 heteroatoms. The third-order valence-corrected chi connectivity index (χ3v) is 5.29. The number of halogens is 2. The number of carbonyl (C=O) groups excluding carboxylic acids is 2. The molecule has 0 spiro atoms. The Balaban J connectivity index is 2.10. The van der Waals surface area contributed by atoms with Crippen molar-refractivity contribution in [2.45, 2.75) is 47.1 Å². The molecule has 30 heavy (non-hydrogen) atoms. The lowest BCUT2D eigenvalue weighted by Gasteiger charge is -2.22. The van der Waals surface area contributed by atoms with Crippen LogP contribution in [-0.4, -0.2) is 34.8 Å². The van der Waals surface area contributed by atoms with Crippen LogP contribution in [0.1, 0.15) is 67.3 Å². The van der Waals surface area contributed by atoms with Gasteiger partial charge in [0.2, 0.25) is 5.89 Å². The molecule has 1 aromatic heterocycles. The van der Waals surface area contributed by atoms with E-state index < -0.39 is 0 Å². The number of carbonyl (C=O) groups is 2. The molecular formula is C22H29Cl2N3O3. The van der Waals surface area contributed by atoms with E-state index in [1.54, 1.807) is 23.1 Å². The van der Waals surface area contributed by atoms with E-state index in [1.165, 1.54) is 6.26 Å². The minimum atomic E-state index is -0.282. The Kier molecular flexibility index (Phi) is 9.18. The normalized spacial score (nSPS) is 11.2. The highest BCUT2D eigenvalue weighted by molar-refractivity contribution is 6.42. The molecule has 1 N–H and O–H groups in total. The number of nitrogens with one attached hydrogen (secondary N) is 1. The van der Waals surface area contributed by atoms with Crippen molar-refractivity contribution >= 4 is 35.0 Å². The molecular weight excluding hydrogens is 425 g/mol. The molecule has 2 aromatic rings. The lowest BCUT2D eigenvalue weighted by molar-refractivity contribution is 0.0720. The molecule has 1 heterocycles. The van der Waals surface area contributed by atoms with Gasteiger partial charge in [-0.15, -0.1) is 0 Å². The molecule has 1 aromatic carbocycles. The molecule has 0 atom stereocenters. The van der Waals surface area contributed by atoms with Crippen molar-refractivity contribution in [3.8, 4) is 0 Å². The topological polar surface area (TPSA) is 75.4 Å². The van der Waals surface area contributed by atoms with Gasteiger partial charge in [0.05, 0.1) is 16.6 Å². The van der Waals surface area contributed by atoms with Gasteiger partial charge < -0.3 is 14.6 Å². The van der Waals surface area contributed by atoms with Gasteiger partial charge in [-0.2, -0.15) is 0 Å². The number of hydrogen-bond donors (Lipinski definition) is 1. The molecule has 0 aliphatic carbocycles. The summed E-state index contributed by atoms with van der Waals surface area (Å²) in [4.78, 5) is 31.2. The first-order chi connectivity index (χ1) is 14.2. The fourth-order valence-corrected chi connectivity index (χ4v) is 2.99. The average molecular weight is 454 g/mol. The van der Waals surface area contributed by atoms with Crippen LogP contribution in [0.3, 0.4) is 0 Å². The molecule has 0 aliphatic heterocycles. The van der Waals surface area contributed by atoms with Crippen LogP contribution < -0.4 is 5.32 Å². The first-order valence-corrected chi connectivity index (χ1v) is 10.9. The standard InChI is InChI=1S/C22H29Cl2N3O3/c1-14(2)7-9-25-21(28)19-13-30-20(26-19)12-27(10-8-15(3)4)22(29)16-5-6-17(23)18(24)11-16/h5-6,11,13-15H,7-10,12H2,1-4H3,(H,25,28). The van der Waals surface area contributed by atoms with Crippen molar-refractivity contribution in [3.63, 3.8) is 0 Å². The molecule has 2 amide bonds. The summed E-state index contributed by atoms with van der Waals surface area (Å²) in [6.45, 7) is 9.63. The Bertz CT molecular complexity index is 865. The van der Waals surface area contributed by atoms with Gasteiger partial charge in [0.25, 0.3) is 11.8 Å². The van der Waals surface area contributed by atoms with Gasteiger partial charge in [0, 0.05) is 18.7 Å². The molecule has 0 saturated carbocycles. The van der Waals surface area contributed by atoms with Gasteiger partial charge in [0.1, 0.15) is 6.26 Å². The molecule has 0 unspecified atom stereocenters. The number of amides is 2. The van der Waals surface area contributed by atoms with Crippen LogP contribution in [-0.2, 0) is 6.54 Å². The molecule has 0 fully saturated rings. The maximum Gasteiger partial charge on any atom is 0.273 e. The van der Waals surface area contributed by atoms with E-state index in [2.05, 4.69) is 38.0 Å². The zero-order valence-corrected chi connectivity index (χ0v) is 19.4. The predicted octanol–water partition coefficient (Wildman–Crippen LogP) is 5.45. The fourth-order valence-electron chi connectivity index (χ4n) is 2.69. The Labute approximate surface area is 187 Å². The molecule has 6 nitrogen and oxygen atoms in total. The maximum atomic E-state index is 13.0. The second-order valence-corrected chi connectivity index (χ2v) is 8.92. The van der Waals surface area contributed by atoms with Crippen molar-refractivity contribution in [3.05, 3.63) is 51.7 Å². The molecule has 0 radical (unpaired) electrons. The Morgan fingerprint density at radius 3 is 2.43 bits per heavy atom. The van der Waals surface area contributed by atoms with E-state index in [0.29, 0.717) is 46.4 Å². The highest BCUT2D eigenvalue weighted by Crippen LogP contribution is 2.24. The summed E-state index contributed by atoms with van der Waals surface area (Å²) in [5.74, 6) is 0.743. The molecule has 164 valence electrons. The monoisotopic (exact) mass is 453 g/mol. The minimum absolute atomic E-state index is 0.158. The Morgan fingerprint density at radius 1 is 1.10 bits per heavy atom. The highest BCUT2D eigenvalue weighted by atomic mass is 35.5. The molecule has 0 bridgehead atoms. The van der Waals surface area contributed by atoms with Crippen molar-refractivity contribution in [2.75, 3.05) is 13.1 Å². The fraction of sp³-hybridized carbons (Fsp3) is 0.500. The van der Waals surface area contributed by atoms with E-state index in [9.17, 15) is 9.59 Å². The third kappa shape index (κ3) is 7.33. The lowest BCUT2D eigenvalue weighted by atomic mass is 10.1. The number of oxazole rings is 1. The summed E-state index contributed by atoms with van der Waals surface area (Å²) >= 11 is 12.0. The number of aromatic nitrogens is 1. The largest absolute Gasteiger partial charge is 0.446 e. The van der Waals surface area contributed by atoms with Crippen molar-refractivity contribution < 1.29 is 14.0 Å². The second kappa shape index (κ2) is 11.4. The van der Waals surface area contributed by atoms with Crippen LogP contribution in [0.5, 0.6) is 0 Å². The van der Waals surface area contributed by atoms with Crippen molar-refractivity contribution in [2.24, 2.45) is 11.8 Å². The smallest absolute Gasteiger partial charge is 0.273 e. The van der Waals surface area contributed by atoms with E-state index in [4.69, 9.17) is 27.6 Å². The van der Waals surface area contributed by atoms with Crippen molar-refractivity contribution in [1.29, 1.82) is 0 Å². The van der Waals surface area contributed by atoms with Gasteiger partial charge in [-0.3, -0.25) is 9.59 Å². The predicted molar refractivity (Wildman–Crippen MR) is 119 cm³/mol. The number of nitrogens with zero attached hydrogens (tertiary/aromatic N) is 2. The van der Waals surface area contributed by atoms with Crippen molar-refractivity contribution in [1.82, 2.24) is 15.2 Å². The second-order valence-electron chi connectivity index (χ2n) is 8.10. The maximum absolute atomic E-state index is 13.0. The summed E-state index contributed by atoms with van der Waals surface area (Å²) in [7, 11) is 0. The van der Waals surface area contributed by atoms with E-state index in [0.717, 1.165) is 12.8 Å². The van der Waals surface area contributed by atoms with Crippen LogP contribution in [0.15, 0.2) is 28.9 Å². The molecule has 0 saturated heterocycles. The van der Waals surface area contributed by atoms with E-state index >= 15 is 0 Å². The Hall–Kier alpha value is -2.05. The first kappa shape index (κ1) is 24.2. The summed E-state index contributed by atoms with van der Waals surface area (Å²) in [5.41, 5.74) is 0.644. The zero-order chi connectivity index (χ0) is 22.3. The lowest BCUT2D eigenvalue weighted by Crippen LogP contribution is -2.32. The van der Waals surface area contributed by atoms with Crippen LogP contribution in [0.25, 0.3) is 0 Å². The van der Waals surface area contributed by atoms with Gasteiger partial charge in [-0.05, 0) is 42.9 Å². The number of rotatable bonds is 10. The molecule has 0 aliphatic rings. The summed E-state index contributed by atoms with van der Waals surface area (Å²) < 4.78 is 5.47. The summed E-state index contributed by atoms with van der Waals surface area (Å²) in [6.07, 6.45) is 3.03. The van der Waals surface area contributed by atoms with Gasteiger partial charge in [-0.25, -0.2) is 4.98 Å². The van der Waals surface area contributed by atoms with Crippen LogP contribution in [0, 0.1) is 11.8 Å². The third-order valence-electron chi connectivity index (χ3n) is 4.55. The molecule has 2 rings (SSSR count).